The van der Waals surface area contributed by atoms with E-state index in [9.17, 15) is 4.79 Å². The SMILES string of the molecule is CCN(CC)CC(=O)CC12CC3CC(CC(C3)C1)C2. The molecule has 4 rings (SSSR count). The summed E-state index contributed by atoms with van der Waals surface area (Å²) < 4.78 is 0. The number of carbonyl (C=O) groups excluding carboxylic acids is 1. The van der Waals surface area contributed by atoms with Crippen LogP contribution in [-0.2, 0) is 4.79 Å². The number of ketones is 1. The molecule has 0 saturated heterocycles. The molecule has 0 aromatic rings. The summed E-state index contributed by atoms with van der Waals surface area (Å²) in [5, 5.41) is 0. The molecule has 4 aliphatic carbocycles. The molecule has 19 heavy (non-hydrogen) atoms. The van der Waals surface area contributed by atoms with E-state index in [0.717, 1.165) is 37.3 Å². The Kier molecular flexibility index (Phi) is 3.72. The third-order valence-electron chi connectivity index (χ3n) is 6.03. The van der Waals surface area contributed by atoms with Crippen LogP contribution in [0.4, 0.5) is 0 Å². The second-order valence-electron chi connectivity index (χ2n) is 7.59. The summed E-state index contributed by atoms with van der Waals surface area (Å²) in [6.45, 7) is 7.00. The Bertz CT molecular complexity index is 310. The molecule has 0 atom stereocenters. The monoisotopic (exact) mass is 263 g/mol. The van der Waals surface area contributed by atoms with Gasteiger partial charge in [-0.15, -0.1) is 0 Å². The molecule has 0 aromatic heterocycles. The first-order chi connectivity index (χ1) is 9.12. The van der Waals surface area contributed by atoms with E-state index in [4.69, 9.17) is 0 Å². The molecule has 4 aliphatic rings. The van der Waals surface area contributed by atoms with E-state index in [2.05, 4.69) is 18.7 Å². The van der Waals surface area contributed by atoms with E-state index in [1.807, 2.05) is 0 Å². The highest BCUT2D eigenvalue weighted by molar-refractivity contribution is 5.81. The van der Waals surface area contributed by atoms with E-state index in [1.54, 1.807) is 0 Å². The number of carbonyl (C=O) groups is 1. The Morgan fingerprint density at radius 1 is 1.00 bits per heavy atom. The van der Waals surface area contributed by atoms with Crippen LogP contribution in [0.5, 0.6) is 0 Å². The Morgan fingerprint density at radius 2 is 1.47 bits per heavy atom. The minimum Gasteiger partial charge on any atom is -0.298 e. The van der Waals surface area contributed by atoms with Gasteiger partial charge in [-0.1, -0.05) is 13.8 Å². The molecule has 0 radical (unpaired) electrons. The number of hydrogen-bond acceptors (Lipinski definition) is 2. The van der Waals surface area contributed by atoms with Gasteiger partial charge in [0.1, 0.15) is 5.78 Å². The van der Waals surface area contributed by atoms with Crippen molar-refractivity contribution in [3.8, 4) is 0 Å². The van der Waals surface area contributed by atoms with Crippen LogP contribution in [0.3, 0.4) is 0 Å². The standard InChI is InChI=1S/C17H29NO/c1-3-18(4-2)12-16(19)11-17-8-13-5-14(9-17)7-15(6-13)10-17/h13-15H,3-12H2,1-2H3. The second kappa shape index (κ2) is 5.20. The third kappa shape index (κ3) is 2.74. The maximum atomic E-state index is 12.4. The number of likely N-dealkylation sites (N-methyl/N-ethyl adjacent to an activating group) is 1. The van der Waals surface area contributed by atoms with E-state index in [1.165, 1.54) is 38.5 Å². The Morgan fingerprint density at radius 3 is 1.89 bits per heavy atom. The van der Waals surface area contributed by atoms with E-state index in [0.29, 0.717) is 17.7 Å². The van der Waals surface area contributed by atoms with Crippen LogP contribution in [0.15, 0.2) is 0 Å². The van der Waals surface area contributed by atoms with Crippen LogP contribution in [-0.4, -0.2) is 30.3 Å². The summed E-state index contributed by atoms with van der Waals surface area (Å²) in [7, 11) is 0. The molecular formula is C17H29NO. The van der Waals surface area contributed by atoms with Gasteiger partial charge < -0.3 is 0 Å². The molecule has 0 unspecified atom stereocenters. The fraction of sp³-hybridized carbons (Fsp3) is 0.941. The lowest BCUT2D eigenvalue weighted by Crippen LogP contribution is -2.47. The number of hydrogen-bond donors (Lipinski definition) is 0. The van der Waals surface area contributed by atoms with Gasteiger partial charge in [0.15, 0.2) is 0 Å². The minimum atomic E-state index is 0.430. The third-order valence-corrected chi connectivity index (χ3v) is 6.03. The van der Waals surface area contributed by atoms with Crippen LogP contribution < -0.4 is 0 Å². The van der Waals surface area contributed by atoms with Gasteiger partial charge in [-0.25, -0.2) is 0 Å². The summed E-state index contributed by atoms with van der Waals surface area (Å²) in [5.74, 6) is 3.40. The minimum absolute atomic E-state index is 0.430. The number of Topliss-reactive ketones (excluding diaryl/α,β-unsaturated/α-hetero) is 1. The molecule has 0 N–H and O–H groups in total. The predicted octanol–water partition coefficient (Wildman–Crippen LogP) is 3.50. The molecule has 2 heteroatoms. The Hall–Kier alpha value is -0.370. The fourth-order valence-electron chi connectivity index (χ4n) is 5.68. The van der Waals surface area contributed by atoms with Gasteiger partial charge in [0.25, 0.3) is 0 Å². The van der Waals surface area contributed by atoms with Crippen molar-refractivity contribution in [2.75, 3.05) is 19.6 Å². The van der Waals surface area contributed by atoms with Crippen LogP contribution in [0.2, 0.25) is 0 Å². The Labute approximate surface area is 117 Å². The van der Waals surface area contributed by atoms with Crippen molar-refractivity contribution in [2.45, 2.75) is 58.8 Å². The normalized spacial score (nSPS) is 40.1. The molecule has 0 aromatic carbocycles. The summed E-state index contributed by atoms with van der Waals surface area (Å²) in [6, 6.07) is 0. The van der Waals surface area contributed by atoms with Crippen LogP contribution in [0.25, 0.3) is 0 Å². The topological polar surface area (TPSA) is 20.3 Å². The van der Waals surface area contributed by atoms with Gasteiger partial charge in [-0.05, 0) is 74.8 Å². The molecule has 0 aliphatic heterocycles. The van der Waals surface area contributed by atoms with Gasteiger partial charge in [0.05, 0.1) is 6.54 Å². The van der Waals surface area contributed by atoms with Crippen LogP contribution in [0.1, 0.15) is 58.8 Å². The molecule has 2 nitrogen and oxygen atoms in total. The Balaban J connectivity index is 1.61. The average molecular weight is 263 g/mol. The van der Waals surface area contributed by atoms with Crippen molar-refractivity contribution in [1.82, 2.24) is 4.90 Å². The second-order valence-corrected chi connectivity index (χ2v) is 7.59. The molecule has 0 heterocycles. The lowest BCUT2D eigenvalue weighted by atomic mass is 9.48. The predicted molar refractivity (Wildman–Crippen MR) is 78.0 cm³/mol. The van der Waals surface area contributed by atoms with Gasteiger partial charge in [0.2, 0.25) is 0 Å². The van der Waals surface area contributed by atoms with Crippen molar-refractivity contribution in [3.63, 3.8) is 0 Å². The van der Waals surface area contributed by atoms with Gasteiger partial charge in [0, 0.05) is 6.42 Å². The zero-order valence-electron chi connectivity index (χ0n) is 12.7. The molecule has 0 spiro atoms. The maximum absolute atomic E-state index is 12.4. The summed E-state index contributed by atoms with van der Waals surface area (Å²) in [6.07, 6.45) is 9.40. The summed E-state index contributed by atoms with van der Waals surface area (Å²) in [5.41, 5.74) is 0.430. The van der Waals surface area contributed by atoms with Gasteiger partial charge >= 0.3 is 0 Å². The van der Waals surface area contributed by atoms with Gasteiger partial charge in [-0.3, -0.25) is 9.69 Å². The highest BCUT2D eigenvalue weighted by atomic mass is 16.1. The number of nitrogens with zero attached hydrogens (tertiary/aromatic N) is 1. The quantitative estimate of drug-likeness (QED) is 0.731. The largest absolute Gasteiger partial charge is 0.298 e. The molecule has 4 saturated carbocycles. The van der Waals surface area contributed by atoms with Crippen molar-refractivity contribution >= 4 is 5.78 Å². The van der Waals surface area contributed by atoms with Crippen LogP contribution >= 0.6 is 0 Å². The van der Waals surface area contributed by atoms with Crippen molar-refractivity contribution in [2.24, 2.45) is 23.2 Å². The average Bonchev–Trinajstić information content (AvgIpc) is 2.33. The lowest BCUT2D eigenvalue weighted by Gasteiger charge is -2.56. The lowest BCUT2D eigenvalue weighted by molar-refractivity contribution is -0.128. The molecular weight excluding hydrogens is 234 g/mol. The zero-order chi connectivity index (χ0) is 13.5. The molecule has 4 fully saturated rings. The highest BCUT2D eigenvalue weighted by Crippen LogP contribution is 2.61. The van der Waals surface area contributed by atoms with Crippen molar-refractivity contribution in [1.29, 1.82) is 0 Å². The first kappa shape index (κ1) is 13.6. The molecule has 0 amide bonds. The molecule has 108 valence electrons. The maximum Gasteiger partial charge on any atom is 0.147 e. The van der Waals surface area contributed by atoms with E-state index in [-0.39, 0.29) is 0 Å². The van der Waals surface area contributed by atoms with E-state index >= 15 is 0 Å². The summed E-state index contributed by atoms with van der Waals surface area (Å²) >= 11 is 0. The van der Waals surface area contributed by atoms with Crippen molar-refractivity contribution < 1.29 is 4.79 Å². The summed E-state index contributed by atoms with van der Waals surface area (Å²) in [4.78, 5) is 14.7. The highest BCUT2D eigenvalue weighted by Gasteiger charge is 2.51. The first-order valence-corrected chi connectivity index (χ1v) is 8.36. The fourth-order valence-corrected chi connectivity index (χ4v) is 5.68. The van der Waals surface area contributed by atoms with Crippen LogP contribution in [0, 0.1) is 23.2 Å². The smallest absolute Gasteiger partial charge is 0.147 e. The first-order valence-electron chi connectivity index (χ1n) is 8.36. The zero-order valence-corrected chi connectivity index (χ0v) is 12.7. The number of rotatable bonds is 6. The van der Waals surface area contributed by atoms with Gasteiger partial charge in [-0.2, -0.15) is 0 Å². The van der Waals surface area contributed by atoms with E-state index < -0.39 is 0 Å². The van der Waals surface area contributed by atoms with Crippen molar-refractivity contribution in [3.05, 3.63) is 0 Å². The molecule has 4 bridgehead atoms.